The monoisotopic (exact) mass is 150 g/mol. The Hall–Kier alpha value is -0.296. The summed E-state index contributed by atoms with van der Waals surface area (Å²) in [4.78, 5) is 8.36. The molecule has 0 aliphatic carbocycles. The second-order valence-electron chi connectivity index (χ2n) is 0.238. The molecule has 0 atom stereocenters. The van der Waals surface area contributed by atoms with Crippen LogP contribution in [0.3, 0.4) is 0 Å². The van der Waals surface area contributed by atoms with E-state index in [1.54, 1.807) is 0 Å². The summed E-state index contributed by atoms with van der Waals surface area (Å²) < 4.78 is 0. The molecule has 0 aliphatic rings. The Kier molecular flexibility index (Phi) is 73.6. The van der Waals surface area contributed by atoms with Crippen molar-refractivity contribution < 1.29 is 39.8 Å². The van der Waals surface area contributed by atoms with Gasteiger partial charge in [0.15, 0.2) is 0 Å². The van der Waals surface area contributed by atoms with E-state index in [4.69, 9.17) is 15.3 Å². The van der Waals surface area contributed by atoms with Gasteiger partial charge in [0.1, 0.15) is 0 Å². The molecule has 0 fully saturated rings. The maximum Gasteiger partial charge on any atom is 0.291 e. The molecule has 0 unspecified atom stereocenters. The fourth-order valence-electron chi connectivity index (χ4n) is 0. The van der Waals surface area contributed by atoms with E-state index >= 15 is 0 Å². The van der Waals surface area contributed by atoms with Crippen LogP contribution in [0, 0.1) is 10.1 Å². The molecule has 45 valence electrons. The quantitative estimate of drug-likeness (QED) is 0.316. The number of hydrogen-bond acceptors (Lipinski definition) is 2. The van der Waals surface area contributed by atoms with Gasteiger partial charge >= 0.3 is 0 Å². The van der Waals surface area contributed by atoms with Crippen LogP contribution in [0.5, 0.6) is 0 Å². The van der Waals surface area contributed by atoms with Gasteiger partial charge in [0.2, 0.25) is 0 Å². The van der Waals surface area contributed by atoms with Crippen LogP contribution in [-0.4, -0.2) is 21.2 Å². The third-order valence-electron chi connectivity index (χ3n) is 0. The molecule has 1 radical (unpaired) electrons. The van der Waals surface area contributed by atoms with Gasteiger partial charge in [-0.05, 0) is 0 Å². The third kappa shape index (κ3) is 896. The molecule has 0 aromatic rings. The molecule has 0 saturated heterocycles. The molecule has 0 amide bonds. The summed E-state index contributed by atoms with van der Waals surface area (Å²) in [5, 5.41) is 13.6. The van der Waals surface area contributed by atoms with Crippen LogP contribution in [0.15, 0.2) is 0 Å². The topological polar surface area (TPSA) is 126 Å². The Balaban J connectivity index is -0.0000000150. The largest absolute Gasteiger partial charge is 0.412 e. The Morgan fingerprint density at radius 2 is 1.43 bits per heavy atom. The molecule has 0 saturated carbocycles. The molecular formula is H5NO5V. The predicted molar refractivity (Wildman–Crippen MR) is 16.0 cm³/mol. The first-order valence-electron chi connectivity index (χ1n) is 0.565. The van der Waals surface area contributed by atoms with Crippen molar-refractivity contribution >= 4 is 0 Å². The minimum Gasteiger partial charge on any atom is -0.412 e. The first kappa shape index (κ1) is 29.8. The maximum atomic E-state index is 8.36. The first-order chi connectivity index (χ1) is 1.73. The second-order valence-corrected chi connectivity index (χ2v) is 0.238. The van der Waals surface area contributed by atoms with Crippen LogP contribution >= 0.6 is 0 Å². The Labute approximate surface area is 50.7 Å². The molecule has 6 nitrogen and oxygen atoms in total. The Morgan fingerprint density at radius 3 is 1.43 bits per heavy atom. The van der Waals surface area contributed by atoms with Crippen molar-refractivity contribution in [1.29, 1.82) is 0 Å². The summed E-state index contributed by atoms with van der Waals surface area (Å²) in [7, 11) is 0. The molecule has 0 spiro atoms. The van der Waals surface area contributed by atoms with E-state index in [0.29, 0.717) is 0 Å². The standard InChI is InChI=1S/HNO3.2H2O.V/c2-1(3)4;;;/h(H,2,3,4);2*1H2;. The fourth-order valence-corrected chi connectivity index (χ4v) is 0. The van der Waals surface area contributed by atoms with Gasteiger partial charge in [-0.25, -0.2) is 0 Å². The van der Waals surface area contributed by atoms with Crippen molar-refractivity contribution in [3.63, 3.8) is 0 Å². The van der Waals surface area contributed by atoms with E-state index in [-0.39, 0.29) is 29.5 Å². The first-order valence-corrected chi connectivity index (χ1v) is 0.565. The summed E-state index contributed by atoms with van der Waals surface area (Å²) in [5.41, 5.74) is 0. The van der Waals surface area contributed by atoms with E-state index in [1.165, 1.54) is 0 Å². The summed E-state index contributed by atoms with van der Waals surface area (Å²) in [6.07, 6.45) is 0. The van der Waals surface area contributed by atoms with Crippen LogP contribution in [0.1, 0.15) is 0 Å². The van der Waals surface area contributed by atoms with E-state index in [1.807, 2.05) is 0 Å². The molecule has 5 N–H and O–H groups in total. The van der Waals surface area contributed by atoms with Crippen molar-refractivity contribution in [2.24, 2.45) is 0 Å². The molecule has 7 heteroatoms. The minimum atomic E-state index is -1.50. The Morgan fingerprint density at radius 1 is 1.43 bits per heavy atom. The second kappa shape index (κ2) is 17.3. The number of rotatable bonds is 0. The molecule has 7 heavy (non-hydrogen) atoms. The molecule has 0 aromatic carbocycles. The number of nitrogens with zero attached hydrogens (tertiary/aromatic N) is 1. The van der Waals surface area contributed by atoms with Gasteiger partial charge in [0, 0.05) is 18.6 Å². The van der Waals surface area contributed by atoms with Gasteiger partial charge in [0.05, 0.1) is 0 Å². The van der Waals surface area contributed by atoms with Gasteiger partial charge in [-0.1, -0.05) is 0 Å². The number of hydrogen-bond donors (Lipinski definition) is 1. The average molecular weight is 150 g/mol. The van der Waals surface area contributed by atoms with Crippen molar-refractivity contribution in [1.82, 2.24) is 0 Å². The maximum absolute atomic E-state index is 8.36. The van der Waals surface area contributed by atoms with Gasteiger partial charge in [-0.2, -0.15) is 0 Å². The smallest absolute Gasteiger partial charge is 0.291 e. The Bertz CT molecular complexity index is 31.1. The van der Waals surface area contributed by atoms with E-state index in [2.05, 4.69) is 0 Å². The fraction of sp³-hybridized carbons (Fsp3) is 0. The van der Waals surface area contributed by atoms with Crippen LogP contribution in [0.4, 0.5) is 0 Å². The van der Waals surface area contributed by atoms with Gasteiger partial charge in [-0.15, -0.1) is 10.1 Å². The summed E-state index contributed by atoms with van der Waals surface area (Å²) in [6.45, 7) is 0. The molecule has 0 heterocycles. The minimum absolute atomic E-state index is 0. The zero-order valence-electron chi connectivity index (χ0n) is 3.16. The van der Waals surface area contributed by atoms with Crippen molar-refractivity contribution in [2.45, 2.75) is 0 Å². The summed E-state index contributed by atoms with van der Waals surface area (Å²) in [6, 6.07) is 0. The molecule has 0 aliphatic heterocycles. The van der Waals surface area contributed by atoms with Crippen LogP contribution < -0.4 is 0 Å². The van der Waals surface area contributed by atoms with Gasteiger partial charge in [-0.3, -0.25) is 0 Å². The van der Waals surface area contributed by atoms with Crippen LogP contribution in [-0.2, 0) is 18.6 Å². The normalized spacial score (nSPS) is 3.43. The van der Waals surface area contributed by atoms with Crippen molar-refractivity contribution in [2.75, 3.05) is 0 Å². The zero-order chi connectivity index (χ0) is 3.58. The average Bonchev–Trinajstić information content (AvgIpc) is 0.811. The summed E-state index contributed by atoms with van der Waals surface area (Å²) in [5.74, 6) is 0. The summed E-state index contributed by atoms with van der Waals surface area (Å²) >= 11 is 0. The zero-order valence-corrected chi connectivity index (χ0v) is 4.55. The van der Waals surface area contributed by atoms with E-state index < -0.39 is 5.09 Å². The van der Waals surface area contributed by atoms with Gasteiger partial charge < -0.3 is 16.2 Å². The predicted octanol–water partition coefficient (Wildman–Crippen LogP) is -2.00. The van der Waals surface area contributed by atoms with Gasteiger partial charge in [0.25, 0.3) is 5.09 Å². The molecule has 0 rings (SSSR count). The SMILES string of the molecule is O.O.O=[N+]([O-])O.[V]. The van der Waals surface area contributed by atoms with Crippen molar-refractivity contribution in [3.05, 3.63) is 10.1 Å². The molecule has 0 aromatic heterocycles. The molecular weight excluding hydrogens is 145 g/mol. The third-order valence-corrected chi connectivity index (χ3v) is 0. The van der Waals surface area contributed by atoms with Crippen LogP contribution in [0.25, 0.3) is 0 Å². The molecule has 0 bridgehead atoms. The van der Waals surface area contributed by atoms with Crippen LogP contribution in [0.2, 0.25) is 0 Å². The van der Waals surface area contributed by atoms with E-state index in [9.17, 15) is 0 Å². The van der Waals surface area contributed by atoms with E-state index in [0.717, 1.165) is 0 Å². The van der Waals surface area contributed by atoms with Crippen molar-refractivity contribution in [3.8, 4) is 0 Å².